The zero-order valence-corrected chi connectivity index (χ0v) is 11.7. The number of hydrazine groups is 1. The largest absolute Gasteiger partial charge is 0.442 e. The van der Waals surface area contributed by atoms with Crippen LogP contribution in [0.1, 0.15) is 26.3 Å². The summed E-state index contributed by atoms with van der Waals surface area (Å²) in [4.78, 5) is 11.9. The number of nitrogens with zero attached hydrogens (tertiary/aromatic N) is 1. The van der Waals surface area contributed by atoms with Crippen molar-refractivity contribution < 1.29 is 9.53 Å². The average Bonchev–Trinajstić information content (AvgIpc) is 2.57. The highest BCUT2D eigenvalue weighted by atomic mass is 79.9. The van der Waals surface area contributed by atoms with Gasteiger partial charge in [-0.25, -0.2) is 15.2 Å². The minimum Gasteiger partial charge on any atom is -0.442 e. The molecule has 0 aliphatic carbocycles. The van der Waals surface area contributed by atoms with E-state index in [0.29, 0.717) is 6.54 Å². The smallest absolute Gasteiger partial charge is 0.429 e. The average molecular weight is 299 g/mol. The van der Waals surface area contributed by atoms with Crippen molar-refractivity contribution in [2.24, 2.45) is 0 Å². The first-order chi connectivity index (χ1) is 7.87. The molecule has 0 bridgehead atoms. The molecule has 92 valence electrons. The lowest BCUT2D eigenvalue weighted by Gasteiger charge is -2.24. The Balaban J connectivity index is 2.20. The van der Waals surface area contributed by atoms with Crippen LogP contribution in [-0.4, -0.2) is 11.7 Å². The number of benzene rings is 1. The fraction of sp³-hybridized carbons (Fsp3) is 0.417. The number of anilines is 1. The third-order valence-electron chi connectivity index (χ3n) is 2.29. The Hall–Kier alpha value is -1.07. The fourth-order valence-electron chi connectivity index (χ4n) is 1.63. The van der Waals surface area contributed by atoms with Gasteiger partial charge in [-0.1, -0.05) is 15.9 Å². The minimum atomic E-state index is -0.489. The molecule has 0 saturated carbocycles. The Labute approximate surface area is 109 Å². The molecule has 0 fully saturated rings. The van der Waals surface area contributed by atoms with Gasteiger partial charge in [-0.2, -0.15) is 0 Å². The van der Waals surface area contributed by atoms with Crippen molar-refractivity contribution in [2.75, 3.05) is 5.01 Å². The molecule has 0 saturated heterocycles. The van der Waals surface area contributed by atoms with Crippen LogP contribution in [0.3, 0.4) is 0 Å². The number of hydrogen-bond acceptors (Lipinski definition) is 3. The molecule has 1 aliphatic rings. The van der Waals surface area contributed by atoms with Crippen molar-refractivity contribution in [2.45, 2.75) is 32.9 Å². The first-order valence-electron chi connectivity index (χ1n) is 5.42. The molecule has 0 spiro atoms. The molecule has 1 aromatic rings. The van der Waals surface area contributed by atoms with E-state index in [1.165, 1.54) is 5.01 Å². The summed E-state index contributed by atoms with van der Waals surface area (Å²) in [6.45, 7) is 6.18. The third kappa shape index (κ3) is 2.79. The van der Waals surface area contributed by atoms with E-state index in [1.54, 1.807) is 0 Å². The maximum Gasteiger partial charge on any atom is 0.429 e. The summed E-state index contributed by atoms with van der Waals surface area (Å²) in [5.74, 6) is 0. The van der Waals surface area contributed by atoms with E-state index in [-0.39, 0.29) is 6.09 Å². The molecule has 0 atom stereocenters. The Morgan fingerprint density at radius 2 is 2.18 bits per heavy atom. The Bertz CT molecular complexity index is 454. The van der Waals surface area contributed by atoms with E-state index < -0.39 is 5.60 Å². The molecule has 0 aromatic heterocycles. The van der Waals surface area contributed by atoms with Gasteiger partial charge in [0, 0.05) is 11.0 Å². The number of ether oxygens (including phenoxy) is 1. The van der Waals surface area contributed by atoms with Gasteiger partial charge in [-0.3, -0.25) is 0 Å². The van der Waals surface area contributed by atoms with E-state index in [0.717, 1.165) is 15.7 Å². The molecule has 1 N–H and O–H groups in total. The number of amides is 1. The van der Waals surface area contributed by atoms with Crippen molar-refractivity contribution in [1.29, 1.82) is 0 Å². The van der Waals surface area contributed by atoms with E-state index in [4.69, 9.17) is 4.74 Å². The van der Waals surface area contributed by atoms with Crippen LogP contribution < -0.4 is 10.4 Å². The topological polar surface area (TPSA) is 41.6 Å². The van der Waals surface area contributed by atoms with E-state index >= 15 is 0 Å². The molecule has 5 heteroatoms. The second-order valence-corrected chi connectivity index (χ2v) is 5.84. The molecule has 0 radical (unpaired) electrons. The second-order valence-electron chi connectivity index (χ2n) is 4.92. The Morgan fingerprint density at radius 3 is 2.82 bits per heavy atom. The molecule has 1 amide bonds. The van der Waals surface area contributed by atoms with Crippen LogP contribution >= 0.6 is 15.9 Å². The van der Waals surface area contributed by atoms with Gasteiger partial charge in [0.05, 0.1) is 5.69 Å². The number of carbonyl (C=O) groups is 1. The van der Waals surface area contributed by atoms with Gasteiger partial charge in [0.1, 0.15) is 5.60 Å². The van der Waals surface area contributed by atoms with Crippen LogP contribution in [-0.2, 0) is 11.3 Å². The maximum atomic E-state index is 11.9. The number of fused-ring (bicyclic) bond motifs is 1. The highest BCUT2D eigenvalue weighted by Gasteiger charge is 2.28. The van der Waals surface area contributed by atoms with Crippen molar-refractivity contribution >= 4 is 27.7 Å². The van der Waals surface area contributed by atoms with E-state index in [1.807, 2.05) is 39.0 Å². The Morgan fingerprint density at radius 1 is 1.47 bits per heavy atom. The molecule has 2 rings (SSSR count). The number of halogens is 1. The number of nitrogens with one attached hydrogen (secondary N) is 1. The summed E-state index contributed by atoms with van der Waals surface area (Å²) in [7, 11) is 0. The molecule has 1 aliphatic heterocycles. The molecule has 0 unspecified atom stereocenters. The van der Waals surface area contributed by atoms with Crippen LogP contribution in [0.15, 0.2) is 22.7 Å². The van der Waals surface area contributed by atoms with Crippen molar-refractivity contribution in [1.82, 2.24) is 5.43 Å². The lowest BCUT2D eigenvalue weighted by Crippen LogP contribution is -2.41. The standard InChI is InChI=1S/C12H15BrN2O2/c1-12(2,3)17-11(16)15-10-5-4-9(13)6-8(10)7-14-15/h4-6,14H,7H2,1-3H3. The summed E-state index contributed by atoms with van der Waals surface area (Å²) in [5, 5.41) is 1.45. The summed E-state index contributed by atoms with van der Waals surface area (Å²) in [5.41, 5.74) is 4.44. The maximum absolute atomic E-state index is 11.9. The zero-order valence-electron chi connectivity index (χ0n) is 10.1. The van der Waals surface area contributed by atoms with Gasteiger partial charge in [-0.15, -0.1) is 0 Å². The highest BCUT2D eigenvalue weighted by molar-refractivity contribution is 9.10. The van der Waals surface area contributed by atoms with Gasteiger partial charge in [0.25, 0.3) is 0 Å². The predicted octanol–water partition coefficient (Wildman–Crippen LogP) is 3.21. The van der Waals surface area contributed by atoms with Gasteiger partial charge >= 0.3 is 6.09 Å². The predicted molar refractivity (Wildman–Crippen MR) is 69.7 cm³/mol. The second kappa shape index (κ2) is 4.31. The van der Waals surface area contributed by atoms with Crippen LogP contribution in [0.5, 0.6) is 0 Å². The molecule has 1 aromatic carbocycles. The van der Waals surface area contributed by atoms with Gasteiger partial charge in [-0.05, 0) is 44.5 Å². The van der Waals surface area contributed by atoms with Crippen molar-refractivity contribution in [3.05, 3.63) is 28.2 Å². The molecule has 17 heavy (non-hydrogen) atoms. The monoisotopic (exact) mass is 298 g/mol. The quantitative estimate of drug-likeness (QED) is 0.800. The fourth-order valence-corrected chi connectivity index (χ4v) is 2.04. The first-order valence-corrected chi connectivity index (χ1v) is 6.21. The minimum absolute atomic E-state index is 0.376. The SMILES string of the molecule is CC(C)(C)OC(=O)N1NCc2cc(Br)ccc21. The summed E-state index contributed by atoms with van der Waals surface area (Å²) >= 11 is 3.41. The number of hydrogen-bond donors (Lipinski definition) is 1. The lowest BCUT2D eigenvalue weighted by molar-refractivity contribution is 0.0565. The molecular formula is C12H15BrN2O2. The molecular weight excluding hydrogens is 284 g/mol. The lowest BCUT2D eigenvalue weighted by atomic mass is 10.2. The van der Waals surface area contributed by atoms with E-state index in [9.17, 15) is 4.79 Å². The van der Waals surface area contributed by atoms with Crippen molar-refractivity contribution in [3.63, 3.8) is 0 Å². The van der Waals surface area contributed by atoms with Gasteiger partial charge in [0.2, 0.25) is 0 Å². The van der Waals surface area contributed by atoms with Crippen LogP contribution in [0.2, 0.25) is 0 Å². The van der Waals surface area contributed by atoms with Crippen LogP contribution in [0, 0.1) is 0 Å². The third-order valence-corrected chi connectivity index (χ3v) is 2.78. The van der Waals surface area contributed by atoms with Gasteiger partial charge in [0.15, 0.2) is 0 Å². The number of rotatable bonds is 0. The summed E-state index contributed by atoms with van der Waals surface area (Å²) in [6.07, 6.45) is -0.376. The summed E-state index contributed by atoms with van der Waals surface area (Å²) in [6, 6.07) is 5.79. The zero-order chi connectivity index (χ0) is 12.6. The molecule has 4 nitrogen and oxygen atoms in total. The van der Waals surface area contributed by atoms with Gasteiger partial charge < -0.3 is 4.74 Å². The normalized spacial score (nSPS) is 14.7. The van der Waals surface area contributed by atoms with Crippen molar-refractivity contribution in [3.8, 4) is 0 Å². The molecule has 1 heterocycles. The summed E-state index contributed by atoms with van der Waals surface area (Å²) < 4.78 is 6.33. The van der Waals surface area contributed by atoms with Crippen LogP contribution in [0.25, 0.3) is 0 Å². The number of carbonyl (C=O) groups excluding carboxylic acids is 1. The Kier molecular flexibility index (Phi) is 3.14. The van der Waals surface area contributed by atoms with E-state index in [2.05, 4.69) is 21.4 Å². The first kappa shape index (κ1) is 12.4. The highest BCUT2D eigenvalue weighted by Crippen LogP contribution is 2.29. The van der Waals surface area contributed by atoms with Crippen LogP contribution in [0.4, 0.5) is 10.5 Å².